The van der Waals surface area contributed by atoms with Gasteiger partial charge in [-0.3, -0.25) is 4.79 Å². The summed E-state index contributed by atoms with van der Waals surface area (Å²) in [5.41, 5.74) is 5.94. The first-order valence-corrected chi connectivity index (χ1v) is 5.59. The molecule has 1 atom stereocenters. The van der Waals surface area contributed by atoms with Gasteiger partial charge < -0.3 is 15.8 Å². The highest BCUT2D eigenvalue weighted by Crippen LogP contribution is 2.14. The lowest BCUT2D eigenvalue weighted by Crippen LogP contribution is -2.54. The Hall–Kier alpha value is -1.55. The van der Waals surface area contributed by atoms with Gasteiger partial charge in [-0.2, -0.15) is 0 Å². The topological polar surface area (TPSA) is 64.3 Å². The monoisotopic (exact) mass is 236 g/mol. The Morgan fingerprint density at radius 2 is 2.12 bits per heavy atom. The van der Waals surface area contributed by atoms with Crippen LogP contribution in [0.2, 0.25) is 0 Å². The lowest BCUT2D eigenvalue weighted by atomic mass is 9.96. The highest BCUT2D eigenvalue weighted by Gasteiger charge is 2.25. The van der Waals surface area contributed by atoms with Crippen molar-refractivity contribution in [2.45, 2.75) is 32.4 Å². The molecule has 1 amide bonds. The summed E-state index contributed by atoms with van der Waals surface area (Å²) in [6.45, 7) is 5.66. The van der Waals surface area contributed by atoms with Crippen LogP contribution in [0, 0.1) is 0 Å². The van der Waals surface area contributed by atoms with E-state index in [0.29, 0.717) is 11.3 Å². The zero-order valence-corrected chi connectivity index (χ0v) is 10.8. The Labute approximate surface area is 102 Å². The molecule has 4 nitrogen and oxygen atoms in total. The van der Waals surface area contributed by atoms with E-state index >= 15 is 0 Å². The summed E-state index contributed by atoms with van der Waals surface area (Å²) in [4.78, 5) is 12.0. The van der Waals surface area contributed by atoms with Crippen LogP contribution in [-0.4, -0.2) is 24.6 Å². The average molecular weight is 236 g/mol. The van der Waals surface area contributed by atoms with Gasteiger partial charge in [-0.1, -0.05) is 6.07 Å². The summed E-state index contributed by atoms with van der Waals surface area (Å²) in [5.74, 6) is 0.516. The number of carbonyl (C=O) groups excluding carboxylic acids is 1. The van der Waals surface area contributed by atoms with Gasteiger partial charge in [0.05, 0.1) is 7.11 Å². The predicted octanol–water partition coefficient (Wildman–Crippen LogP) is 1.55. The van der Waals surface area contributed by atoms with Crippen molar-refractivity contribution in [2.75, 3.05) is 7.11 Å². The van der Waals surface area contributed by atoms with Crippen molar-refractivity contribution < 1.29 is 9.53 Å². The van der Waals surface area contributed by atoms with Crippen molar-refractivity contribution >= 4 is 5.91 Å². The van der Waals surface area contributed by atoms with Crippen LogP contribution >= 0.6 is 0 Å². The van der Waals surface area contributed by atoms with Crippen LogP contribution in [0.5, 0.6) is 5.75 Å². The third kappa shape index (κ3) is 3.46. The minimum atomic E-state index is -0.444. The summed E-state index contributed by atoms with van der Waals surface area (Å²) >= 11 is 0. The van der Waals surface area contributed by atoms with Crippen molar-refractivity contribution in [3.63, 3.8) is 0 Å². The molecule has 1 unspecified atom stereocenters. The van der Waals surface area contributed by atoms with Gasteiger partial charge in [0.2, 0.25) is 0 Å². The number of carbonyl (C=O) groups is 1. The van der Waals surface area contributed by atoms with E-state index in [2.05, 4.69) is 5.32 Å². The van der Waals surface area contributed by atoms with Gasteiger partial charge >= 0.3 is 0 Å². The summed E-state index contributed by atoms with van der Waals surface area (Å²) in [5, 5.41) is 2.90. The zero-order chi connectivity index (χ0) is 13.1. The SMILES string of the molecule is COc1cccc(C(=O)NC(C)(C)C(C)N)c1. The molecule has 0 aliphatic carbocycles. The molecule has 0 saturated heterocycles. The molecule has 17 heavy (non-hydrogen) atoms. The number of nitrogens with one attached hydrogen (secondary N) is 1. The third-order valence-electron chi connectivity index (χ3n) is 2.91. The van der Waals surface area contributed by atoms with Crippen molar-refractivity contribution in [3.05, 3.63) is 29.8 Å². The van der Waals surface area contributed by atoms with E-state index in [4.69, 9.17) is 10.5 Å². The van der Waals surface area contributed by atoms with Gasteiger partial charge in [-0.25, -0.2) is 0 Å². The Morgan fingerprint density at radius 3 is 2.65 bits per heavy atom. The Balaban J connectivity index is 2.83. The standard InChI is InChI=1S/C13H20N2O2/c1-9(14)13(2,3)15-12(16)10-6-5-7-11(8-10)17-4/h5-9H,14H2,1-4H3,(H,15,16). The molecule has 0 aliphatic rings. The van der Waals surface area contributed by atoms with Gasteiger partial charge in [0, 0.05) is 17.1 Å². The first kappa shape index (κ1) is 13.5. The van der Waals surface area contributed by atoms with E-state index in [9.17, 15) is 4.79 Å². The van der Waals surface area contributed by atoms with Crippen molar-refractivity contribution in [1.29, 1.82) is 0 Å². The molecular formula is C13H20N2O2. The number of methoxy groups -OCH3 is 1. The fourth-order valence-electron chi connectivity index (χ4n) is 1.24. The lowest BCUT2D eigenvalue weighted by molar-refractivity contribution is 0.0903. The minimum Gasteiger partial charge on any atom is -0.497 e. The third-order valence-corrected chi connectivity index (χ3v) is 2.91. The smallest absolute Gasteiger partial charge is 0.251 e. The fraction of sp³-hybridized carbons (Fsp3) is 0.462. The van der Waals surface area contributed by atoms with E-state index in [1.165, 1.54) is 0 Å². The maximum absolute atomic E-state index is 12.0. The largest absolute Gasteiger partial charge is 0.497 e. The Bertz CT molecular complexity index is 400. The fourth-order valence-corrected chi connectivity index (χ4v) is 1.24. The molecule has 3 N–H and O–H groups in total. The molecule has 0 bridgehead atoms. The zero-order valence-electron chi connectivity index (χ0n) is 10.8. The minimum absolute atomic E-state index is 0.128. The van der Waals surface area contributed by atoms with Gasteiger partial charge in [-0.05, 0) is 39.0 Å². The number of ether oxygens (including phenoxy) is 1. The van der Waals surface area contributed by atoms with Crippen LogP contribution < -0.4 is 15.8 Å². The molecule has 0 saturated carbocycles. The van der Waals surface area contributed by atoms with Crippen molar-refractivity contribution in [1.82, 2.24) is 5.32 Å². The molecule has 0 aromatic heterocycles. The summed E-state index contributed by atoms with van der Waals surface area (Å²) < 4.78 is 5.08. The van der Waals surface area contributed by atoms with Crippen LogP contribution in [0.1, 0.15) is 31.1 Å². The maximum Gasteiger partial charge on any atom is 0.251 e. The van der Waals surface area contributed by atoms with Crippen LogP contribution in [0.25, 0.3) is 0 Å². The molecule has 1 rings (SSSR count). The number of amides is 1. The summed E-state index contributed by atoms with van der Waals surface area (Å²) in [7, 11) is 1.57. The van der Waals surface area contributed by atoms with Crippen LogP contribution in [0.3, 0.4) is 0 Å². The predicted molar refractivity (Wildman–Crippen MR) is 68.2 cm³/mol. The van der Waals surface area contributed by atoms with Crippen molar-refractivity contribution in [2.24, 2.45) is 5.73 Å². The number of rotatable bonds is 4. The average Bonchev–Trinajstić information content (AvgIpc) is 2.28. The molecule has 0 aliphatic heterocycles. The van der Waals surface area contributed by atoms with Gasteiger partial charge in [0.1, 0.15) is 5.75 Å². The molecule has 4 heteroatoms. The quantitative estimate of drug-likeness (QED) is 0.833. The van der Waals surface area contributed by atoms with Gasteiger partial charge in [0.25, 0.3) is 5.91 Å². The summed E-state index contributed by atoms with van der Waals surface area (Å²) in [6.07, 6.45) is 0. The molecule has 0 spiro atoms. The van der Waals surface area contributed by atoms with Crippen molar-refractivity contribution in [3.8, 4) is 5.75 Å². The second-order valence-electron chi connectivity index (χ2n) is 4.70. The molecule has 1 aromatic carbocycles. The second kappa shape index (κ2) is 5.19. The van der Waals surface area contributed by atoms with E-state index in [0.717, 1.165) is 0 Å². The second-order valence-corrected chi connectivity index (χ2v) is 4.70. The first-order valence-electron chi connectivity index (χ1n) is 5.59. The molecule has 0 fully saturated rings. The number of nitrogens with two attached hydrogens (primary N) is 1. The highest BCUT2D eigenvalue weighted by atomic mass is 16.5. The van der Waals surface area contributed by atoms with Gasteiger partial charge in [-0.15, -0.1) is 0 Å². The van der Waals surface area contributed by atoms with E-state index in [-0.39, 0.29) is 11.9 Å². The first-order chi connectivity index (χ1) is 7.86. The number of benzene rings is 1. The van der Waals surface area contributed by atoms with Crippen LogP contribution in [0.15, 0.2) is 24.3 Å². The van der Waals surface area contributed by atoms with E-state index in [1.807, 2.05) is 20.8 Å². The Morgan fingerprint density at radius 1 is 1.47 bits per heavy atom. The van der Waals surface area contributed by atoms with E-state index < -0.39 is 5.54 Å². The normalized spacial score (nSPS) is 13.0. The van der Waals surface area contributed by atoms with Crippen LogP contribution in [-0.2, 0) is 0 Å². The number of hydrogen-bond donors (Lipinski definition) is 2. The molecule has 94 valence electrons. The number of hydrogen-bond acceptors (Lipinski definition) is 3. The summed E-state index contributed by atoms with van der Waals surface area (Å²) in [6, 6.07) is 6.90. The van der Waals surface area contributed by atoms with Crippen LogP contribution in [0.4, 0.5) is 0 Å². The lowest BCUT2D eigenvalue weighted by Gasteiger charge is -2.30. The molecule has 0 radical (unpaired) electrons. The van der Waals surface area contributed by atoms with Gasteiger partial charge in [0.15, 0.2) is 0 Å². The highest BCUT2D eigenvalue weighted by molar-refractivity contribution is 5.95. The Kier molecular flexibility index (Phi) is 4.12. The molecule has 1 aromatic rings. The molecule has 0 heterocycles. The molecular weight excluding hydrogens is 216 g/mol. The van der Waals surface area contributed by atoms with E-state index in [1.54, 1.807) is 31.4 Å². The maximum atomic E-state index is 12.0.